The number of pyridine rings is 1. The first-order chi connectivity index (χ1) is 23.9. The van der Waals surface area contributed by atoms with Gasteiger partial charge in [0.15, 0.2) is 0 Å². The Morgan fingerprint density at radius 1 is 0.940 bits per heavy atom. The highest BCUT2D eigenvalue weighted by Crippen LogP contribution is 2.37. The van der Waals surface area contributed by atoms with Crippen molar-refractivity contribution in [1.82, 2.24) is 14.5 Å². The van der Waals surface area contributed by atoms with Crippen molar-refractivity contribution >= 4 is 39.9 Å². The number of fused-ring (bicyclic) bond motifs is 3. The molecule has 0 spiro atoms. The van der Waals surface area contributed by atoms with Crippen LogP contribution in [0, 0.1) is 19.8 Å². The van der Waals surface area contributed by atoms with Gasteiger partial charge in [0.2, 0.25) is 5.91 Å². The highest BCUT2D eigenvalue weighted by Gasteiger charge is 2.38. The minimum Gasteiger partial charge on any atom is -0.481 e. The van der Waals surface area contributed by atoms with Crippen LogP contribution in [0.15, 0.2) is 78.9 Å². The Morgan fingerprint density at radius 3 is 2.26 bits per heavy atom. The predicted molar refractivity (Wildman–Crippen MR) is 193 cm³/mol. The van der Waals surface area contributed by atoms with Crippen LogP contribution in [-0.2, 0) is 38.6 Å². The van der Waals surface area contributed by atoms with Gasteiger partial charge in [-0.15, -0.1) is 0 Å². The van der Waals surface area contributed by atoms with E-state index >= 15 is 0 Å². The Morgan fingerprint density at radius 2 is 1.60 bits per heavy atom. The van der Waals surface area contributed by atoms with Gasteiger partial charge in [-0.25, -0.2) is 14.7 Å². The maximum absolute atomic E-state index is 14.6. The molecule has 1 aliphatic heterocycles. The number of amides is 2. The van der Waals surface area contributed by atoms with E-state index in [1.165, 1.54) is 4.90 Å². The van der Waals surface area contributed by atoms with Crippen LogP contribution in [0.1, 0.15) is 73.0 Å². The van der Waals surface area contributed by atoms with E-state index in [0.717, 1.165) is 49.8 Å². The Balaban J connectivity index is 1.36. The van der Waals surface area contributed by atoms with Crippen LogP contribution in [0.4, 0.5) is 4.79 Å². The molecule has 9 heteroatoms. The van der Waals surface area contributed by atoms with Gasteiger partial charge in [-0.1, -0.05) is 72.8 Å². The summed E-state index contributed by atoms with van der Waals surface area (Å²) < 4.78 is 13.6. The van der Waals surface area contributed by atoms with Crippen molar-refractivity contribution in [1.29, 1.82) is 0 Å². The monoisotopic (exact) mass is 675 g/mol. The van der Waals surface area contributed by atoms with E-state index in [1.54, 1.807) is 20.8 Å². The summed E-state index contributed by atoms with van der Waals surface area (Å²) in [6.45, 7) is 11.0. The number of aromatic nitrogens is 2. The molecule has 0 saturated carbocycles. The maximum atomic E-state index is 14.6. The third-order valence-corrected chi connectivity index (χ3v) is 9.56. The smallest absolute Gasteiger partial charge is 0.417 e. The van der Waals surface area contributed by atoms with E-state index in [4.69, 9.17) is 14.5 Å². The third kappa shape index (κ3) is 7.43. The number of nitrogens with zero attached hydrogens (tertiary/aromatic N) is 3. The SMILES string of the molecule is Cc1nc2c(c(C)c1CC(=O)O)c1ccccc1n2Cc1ccc(C(C(=O)N(Cc2ccccc2)C(=O)OC(C)(C)C)C2CCOCC2)cc1. The van der Waals surface area contributed by atoms with Gasteiger partial charge in [0.05, 0.1) is 24.4 Å². The fourth-order valence-electron chi connectivity index (χ4n) is 7.16. The number of imide groups is 1. The fraction of sp³-hybridized carbons (Fsp3) is 0.366. The average Bonchev–Trinajstić information content (AvgIpc) is 3.39. The molecule has 0 bridgehead atoms. The van der Waals surface area contributed by atoms with E-state index in [1.807, 2.05) is 80.6 Å². The molecule has 5 aromatic rings. The van der Waals surface area contributed by atoms with Crippen molar-refractivity contribution in [3.63, 3.8) is 0 Å². The van der Waals surface area contributed by atoms with Gasteiger partial charge in [0, 0.05) is 36.2 Å². The largest absolute Gasteiger partial charge is 0.481 e. The molecule has 1 atom stereocenters. The summed E-state index contributed by atoms with van der Waals surface area (Å²) in [5.74, 6) is -1.72. The molecule has 1 aliphatic rings. The minimum absolute atomic E-state index is 0.00436. The van der Waals surface area contributed by atoms with E-state index in [2.05, 4.69) is 16.7 Å². The number of rotatable bonds is 9. The molecule has 0 aliphatic carbocycles. The summed E-state index contributed by atoms with van der Waals surface area (Å²) in [4.78, 5) is 46.1. The molecule has 1 unspecified atom stereocenters. The molecular formula is C41H45N3O6. The van der Waals surface area contributed by atoms with Gasteiger partial charge in [0.1, 0.15) is 11.2 Å². The number of hydrogen-bond donors (Lipinski definition) is 1. The second kappa shape index (κ2) is 14.5. The summed E-state index contributed by atoms with van der Waals surface area (Å²) in [5, 5.41) is 11.6. The van der Waals surface area contributed by atoms with Gasteiger partial charge < -0.3 is 19.1 Å². The Hall–Kier alpha value is -5.02. The first-order valence-electron chi connectivity index (χ1n) is 17.2. The first kappa shape index (κ1) is 34.8. The average molecular weight is 676 g/mol. The lowest BCUT2D eigenvalue weighted by Crippen LogP contribution is -2.44. The van der Waals surface area contributed by atoms with Crippen LogP contribution in [0.5, 0.6) is 0 Å². The normalized spacial score (nSPS) is 14.5. The number of carbonyl (C=O) groups is 3. The van der Waals surface area contributed by atoms with Gasteiger partial charge in [-0.05, 0) is 87.3 Å². The van der Waals surface area contributed by atoms with Crippen LogP contribution in [0.2, 0.25) is 0 Å². The minimum atomic E-state index is -0.881. The Kier molecular flexibility index (Phi) is 10.1. The molecule has 1 N–H and O–H groups in total. The number of carbonyl (C=O) groups excluding carboxylic acids is 2. The molecule has 6 rings (SSSR count). The lowest BCUT2D eigenvalue weighted by Gasteiger charge is -2.34. The van der Waals surface area contributed by atoms with Crippen molar-refractivity contribution in [2.75, 3.05) is 13.2 Å². The van der Waals surface area contributed by atoms with Crippen LogP contribution in [0.3, 0.4) is 0 Å². The van der Waals surface area contributed by atoms with Crippen molar-refractivity contribution < 1.29 is 29.0 Å². The molecule has 3 aromatic carbocycles. The number of aliphatic carboxylic acids is 1. The van der Waals surface area contributed by atoms with Crippen LogP contribution < -0.4 is 0 Å². The number of ether oxygens (including phenoxy) is 2. The molecule has 1 fully saturated rings. The predicted octanol–water partition coefficient (Wildman–Crippen LogP) is 7.96. The van der Waals surface area contributed by atoms with Gasteiger partial charge in [0.25, 0.3) is 0 Å². The number of carboxylic acids is 1. The van der Waals surface area contributed by atoms with Crippen LogP contribution in [-0.4, -0.2) is 56.3 Å². The van der Waals surface area contributed by atoms with Crippen molar-refractivity contribution in [3.05, 3.63) is 112 Å². The number of carboxylic acid groups (broad SMARTS) is 1. The van der Waals surface area contributed by atoms with Crippen LogP contribution in [0.25, 0.3) is 21.9 Å². The number of aryl methyl sites for hydroxylation is 2. The van der Waals surface area contributed by atoms with E-state index in [9.17, 15) is 19.5 Å². The molecule has 2 amide bonds. The van der Waals surface area contributed by atoms with Gasteiger partial charge in [-0.2, -0.15) is 0 Å². The first-order valence-corrected chi connectivity index (χ1v) is 17.2. The topological polar surface area (TPSA) is 111 Å². The summed E-state index contributed by atoms with van der Waals surface area (Å²) >= 11 is 0. The fourth-order valence-corrected chi connectivity index (χ4v) is 7.16. The number of benzene rings is 3. The van der Waals surface area contributed by atoms with Crippen molar-refractivity contribution in [3.8, 4) is 0 Å². The zero-order valence-electron chi connectivity index (χ0n) is 29.4. The summed E-state index contributed by atoms with van der Waals surface area (Å²) in [5.41, 5.74) is 6.15. The molecular weight excluding hydrogens is 630 g/mol. The zero-order valence-corrected chi connectivity index (χ0v) is 29.4. The molecule has 9 nitrogen and oxygen atoms in total. The second-order valence-corrected chi connectivity index (χ2v) is 14.2. The second-order valence-electron chi connectivity index (χ2n) is 14.2. The Bertz CT molecular complexity index is 2020. The lowest BCUT2D eigenvalue weighted by molar-refractivity contribution is -0.136. The third-order valence-electron chi connectivity index (χ3n) is 9.56. The Labute approximate surface area is 292 Å². The van der Waals surface area contributed by atoms with Crippen LogP contribution >= 0.6 is 0 Å². The highest BCUT2D eigenvalue weighted by molar-refractivity contribution is 6.09. The number of hydrogen-bond acceptors (Lipinski definition) is 6. The lowest BCUT2D eigenvalue weighted by atomic mass is 9.80. The quantitative estimate of drug-likeness (QED) is 0.169. The van der Waals surface area contributed by atoms with Gasteiger partial charge >= 0.3 is 12.1 Å². The molecule has 3 heterocycles. The molecule has 260 valence electrons. The summed E-state index contributed by atoms with van der Waals surface area (Å²) in [6.07, 6.45) is 0.685. The van der Waals surface area contributed by atoms with Crippen molar-refractivity contribution in [2.24, 2.45) is 5.92 Å². The van der Waals surface area contributed by atoms with Crippen molar-refractivity contribution in [2.45, 2.75) is 78.5 Å². The molecule has 1 saturated heterocycles. The number of para-hydroxylation sites is 1. The molecule has 50 heavy (non-hydrogen) atoms. The molecule has 2 aromatic heterocycles. The maximum Gasteiger partial charge on any atom is 0.417 e. The molecule has 0 radical (unpaired) electrons. The zero-order chi connectivity index (χ0) is 35.6. The summed E-state index contributed by atoms with van der Waals surface area (Å²) in [7, 11) is 0. The van der Waals surface area contributed by atoms with E-state index in [-0.39, 0.29) is 24.8 Å². The van der Waals surface area contributed by atoms with E-state index < -0.39 is 23.6 Å². The highest BCUT2D eigenvalue weighted by atomic mass is 16.6. The van der Waals surface area contributed by atoms with E-state index in [0.29, 0.717) is 38.3 Å². The standard InChI is InChI=1S/C41H45N3O6/c1-26-33(23-35(45)46)27(2)42-38-36(26)32-13-9-10-14-34(32)43(38)24-29-15-17-30(18-16-29)37(31-19-21-49-22-20-31)39(47)44(40(48)50-41(3,4)5)25-28-11-7-6-8-12-28/h6-18,31,37H,19-25H2,1-5H3,(H,45,46). The summed E-state index contributed by atoms with van der Waals surface area (Å²) in [6, 6.07) is 25.7. The van der Waals surface area contributed by atoms with Gasteiger partial charge in [-0.3, -0.25) is 9.59 Å².